The Kier molecular flexibility index (Phi) is 4.64. The van der Waals surface area contributed by atoms with Gasteiger partial charge < -0.3 is 9.47 Å². The number of carbonyl (C=O) groups is 1. The van der Waals surface area contributed by atoms with Crippen LogP contribution in [0, 0.1) is 11.6 Å². The molecule has 1 aromatic heterocycles. The molecule has 0 unspecified atom stereocenters. The average molecular weight is 320 g/mol. The molecule has 0 N–H and O–H groups in total. The third kappa shape index (κ3) is 3.72. The fraction of sp³-hybridized carbons (Fsp3) is 0.438. The lowest BCUT2D eigenvalue weighted by molar-refractivity contribution is -0.132. The summed E-state index contributed by atoms with van der Waals surface area (Å²) in [6.45, 7) is 1.35. The molecule has 0 saturated carbocycles. The van der Waals surface area contributed by atoms with Crippen molar-refractivity contribution < 1.29 is 13.6 Å². The molecule has 1 aliphatic heterocycles. The summed E-state index contributed by atoms with van der Waals surface area (Å²) in [6, 6.07) is 3.79. The van der Waals surface area contributed by atoms with Crippen LogP contribution in [0.4, 0.5) is 8.78 Å². The van der Waals surface area contributed by atoms with Gasteiger partial charge in [-0.2, -0.15) is 0 Å². The summed E-state index contributed by atoms with van der Waals surface area (Å²) in [4.78, 5) is 14.0. The van der Waals surface area contributed by atoms with E-state index in [4.69, 9.17) is 0 Å². The van der Waals surface area contributed by atoms with Gasteiger partial charge in [0, 0.05) is 31.6 Å². The van der Waals surface area contributed by atoms with Gasteiger partial charge in [0.05, 0.1) is 0 Å². The van der Waals surface area contributed by atoms with E-state index in [0.717, 1.165) is 18.9 Å². The van der Waals surface area contributed by atoms with Gasteiger partial charge in [-0.25, -0.2) is 8.78 Å². The second-order valence-electron chi connectivity index (χ2n) is 5.76. The van der Waals surface area contributed by atoms with E-state index in [1.807, 2.05) is 9.47 Å². The highest BCUT2D eigenvalue weighted by molar-refractivity contribution is 5.76. The maximum absolute atomic E-state index is 13.6. The maximum atomic E-state index is 13.6. The number of rotatable bonds is 4. The van der Waals surface area contributed by atoms with Crippen molar-refractivity contribution in [2.24, 2.45) is 0 Å². The minimum atomic E-state index is -0.603. The Morgan fingerprint density at radius 3 is 2.52 bits per heavy atom. The van der Waals surface area contributed by atoms with E-state index in [0.29, 0.717) is 24.7 Å². The zero-order chi connectivity index (χ0) is 16.2. The van der Waals surface area contributed by atoms with Crippen LogP contribution in [0.15, 0.2) is 30.9 Å². The van der Waals surface area contributed by atoms with Gasteiger partial charge in [0.25, 0.3) is 0 Å². The molecule has 23 heavy (non-hydrogen) atoms. The zero-order valence-electron chi connectivity index (χ0n) is 12.7. The highest BCUT2D eigenvalue weighted by atomic mass is 19.1. The van der Waals surface area contributed by atoms with Gasteiger partial charge in [0.2, 0.25) is 5.91 Å². The Hall–Kier alpha value is -2.31. The topological polar surface area (TPSA) is 51.0 Å². The minimum absolute atomic E-state index is 0.0101. The van der Waals surface area contributed by atoms with Crippen LogP contribution < -0.4 is 0 Å². The van der Waals surface area contributed by atoms with Crippen molar-refractivity contribution >= 4 is 5.91 Å². The van der Waals surface area contributed by atoms with Crippen molar-refractivity contribution in [1.82, 2.24) is 19.7 Å². The summed E-state index contributed by atoms with van der Waals surface area (Å²) in [6.07, 6.45) is 5.62. The van der Waals surface area contributed by atoms with Crippen LogP contribution >= 0.6 is 0 Å². The first-order valence-electron chi connectivity index (χ1n) is 7.69. The highest BCUT2D eigenvalue weighted by Crippen LogP contribution is 2.22. The van der Waals surface area contributed by atoms with Crippen molar-refractivity contribution in [3.05, 3.63) is 48.1 Å². The molecule has 0 radical (unpaired) electrons. The van der Waals surface area contributed by atoms with Crippen LogP contribution in [0.25, 0.3) is 0 Å². The van der Waals surface area contributed by atoms with E-state index >= 15 is 0 Å². The summed E-state index contributed by atoms with van der Waals surface area (Å²) in [7, 11) is 0. The van der Waals surface area contributed by atoms with E-state index in [2.05, 4.69) is 10.2 Å². The van der Waals surface area contributed by atoms with Crippen molar-refractivity contribution in [2.75, 3.05) is 13.1 Å². The molecule has 2 aromatic rings. The molecule has 0 atom stereocenters. The van der Waals surface area contributed by atoms with Crippen LogP contribution in [0.3, 0.4) is 0 Å². The summed E-state index contributed by atoms with van der Waals surface area (Å²) in [5.74, 6) is -1.19. The zero-order valence-corrected chi connectivity index (χ0v) is 12.7. The number of benzene rings is 1. The maximum Gasteiger partial charge on any atom is 0.222 e. The van der Waals surface area contributed by atoms with Gasteiger partial charge in [-0.05, 0) is 30.9 Å². The number of hydrogen-bond acceptors (Lipinski definition) is 3. The summed E-state index contributed by atoms with van der Waals surface area (Å²) in [5, 5.41) is 7.60. The molecule has 5 nitrogen and oxygen atoms in total. The standard InChI is InChI=1S/C16H18F2N4O/c17-13-3-1-12(15(18)9-13)2-4-16(23)21-7-5-14(6-8-21)22-10-19-20-11-22/h1,3,9-11,14H,2,4-8H2. The molecule has 7 heteroatoms. The molecule has 1 saturated heterocycles. The Bertz CT molecular complexity index is 667. The largest absolute Gasteiger partial charge is 0.343 e. The minimum Gasteiger partial charge on any atom is -0.343 e. The van der Waals surface area contributed by atoms with Crippen LogP contribution in [-0.4, -0.2) is 38.7 Å². The first kappa shape index (κ1) is 15.6. The van der Waals surface area contributed by atoms with Crippen molar-refractivity contribution in [1.29, 1.82) is 0 Å². The van der Waals surface area contributed by atoms with Crippen molar-refractivity contribution in [2.45, 2.75) is 31.7 Å². The third-order valence-corrected chi connectivity index (χ3v) is 4.30. The monoisotopic (exact) mass is 320 g/mol. The van der Waals surface area contributed by atoms with E-state index in [9.17, 15) is 13.6 Å². The number of aryl methyl sites for hydroxylation is 1. The van der Waals surface area contributed by atoms with Gasteiger partial charge in [-0.15, -0.1) is 10.2 Å². The molecule has 2 heterocycles. The molecule has 3 rings (SSSR count). The number of halogens is 2. The number of nitrogens with zero attached hydrogens (tertiary/aromatic N) is 4. The van der Waals surface area contributed by atoms with Crippen molar-refractivity contribution in [3.8, 4) is 0 Å². The van der Waals surface area contributed by atoms with E-state index in [-0.39, 0.29) is 18.7 Å². The Labute approximate surface area is 132 Å². The Morgan fingerprint density at radius 1 is 1.17 bits per heavy atom. The predicted octanol–water partition coefficient (Wildman–Crippen LogP) is 2.35. The summed E-state index contributed by atoms with van der Waals surface area (Å²) >= 11 is 0. The fourth-order valence-electron chi connectivity index (χ4n) is 2.93. The Morgan fingerprint density at radius 2 is 1.87 bits per heavy atom. The van der Waals surface area contributed by atoms with E-state index < -0.39 is 11.6 Å². The normalized spacial score (nSPS) is 15.8. The van der Waals surface area contributed by atoms with E-state index in [1.54, 1.807) is 12.7 Å². The molecular weight excluding hydrogens is 302 g/mol. The van der Waals surface area contributed by atoms with Crippen LogP contribution in [0.2, 0.25) is 0 Å². The summed E-state index contributed by atoms with van der Waals surface area (Å²) < 4.78 is 28.4. The second kappa shape index (κ2) is 6.85. The summed E-state index contributed by atoms with van der Waals surface area (Å²) in [5.41, 5.74) is 0.374. The quantitative estimate of drug-likeness (QED) is 0.869. The smallest absolute Gasteiger partial charge is 0.222 e. The lowest BCUT2D eigenvalue weighted by Crippen LogP contribution is -2.39. The van der Waals surface area contributed by atoms with Crippen LogP contribution in [-0.2, 0) is 11.2 Å². The third-order valence-electron chi connectivity index (χ3n) is 4.30. The first-order valence-corrected chi connectivity index (χ1v) is 7.69. The predicted molar refractivity (Wildman–Crippen MR) is 79.6 cm³/mol. The molecular formula is C16H18F2N4O. The lowest BCUT2D eigenvalue weighted by Gasteiger charge is -2.32. The molecule has 1 amide bonds. The second-order valence-corrected chi connectivity index (χ2v) is 5.76. The van der Waals surface area contributed by atoms with Gasteiger partial charge in [-0.3, -0.25) is 4.79 Å². The first-order chi connectivity index (χ1) is 11.1. The average Bonchev–Trinajstić information content (AvgIpc) is 3.08. The number of hydrogen-bond donors (Lipinski definition) is 0. The number of carbonyl (C=O) groups excluding carboxylic acids is 1. The number of likely N-dealkylation sites (tertiary alicyclic amines) is 1. The molecule has 0 aliphatic carbocycles. The molecule has 122 valence electrons. The molecule has 1 aromatic carbocycles. The van der Waals surface area contributed by atoms with Gasteiger partial charge in [-0.1, -0.05) is 6.07 Å². The van der Waals surface area contributed by atoms with Gasteiger partial charge >= 0.3 is 0 Å². The molecule has 0 spiro atoms. The molecule has 1 aliphatic rings. The number of amides is 1. The fourth-order valence-corrected chi connectivity index (χ4v) is 2.93. The lowest BCUT2D eigenvalue weighted by atomic mass is 10.0. The van der Waals surface area contributed by atoms with Crippen LogP contribution in [0.5, 0.6) is 0 Å². The molecule has 1 fully saturated rings. The number of aromatic nitrogens is 3. The highest BCUT2D eigenvalue weighted by Gasteiger charge is 2.23. The van der Waals surface area contributed by atoms with Gasteiger partial charge in [0.1, 0.15) is 24.3 Å². The van der Waals surface area contributed by atoms with Crippen molar-refractivity contribution in [3.63, 3.8) is 0 Å². The molecule has 0 bridgehead atoms. The van der Waals surface area contributed by atoms with E-state index in [1.165, 1.54) is 12.1 Å². The Balaban J connectivity index is 1.50. The van der Waals surface area contributed by atoms with Gasteiger partial charge in [0.15, 0.2) is 0 Å². The number of piperidine rings is 1. The van der Waals surface area contributed by atoms with Crippen LogP contribution in [0.1, 0.15) is 30.9 Å². The SMILES string of the molecule is O=C(CCc1ccc(F)cc1F)N1CCC(n2cnnc2)CC1.